The number of nitrogens with two attached hydrogens (primary N) is 1. The van der Waals surface area contributed by atoms with E-state index in [1.807, 2.05) is 0 Å². The molecule has 86 valence electrons. The van der Waals surface area contributed by atoms with E-state index in [1.54, 1.807) is 0 Å². The second-order valence-electron chi connectivity index (χ2n) is 2.49. The van der Waals surface area contributed by atoms with E-state index in [-0.39, 0.29) is 0 Å². The zero-order chi connectivity index (χ0) is 11.2. The standard InChI is InChI=1S/C4H10N2.CH2F3NO2S/c1-2-6-4-3-5-1;2-1(3,4)8(5,6)7/h5-6H,1-4H2;(H2,5,6,7). The highest BCUT2D eigenvalue weighted by Crippen LogP contribution is 2.18. The van der Waals surface area contributed by atoms with Gasteiger partial charge in [-0.2, -0.15) is 13.2 Å². The van der Waals surface area contributed by atoms with Crippen LogP contribution in [0.3, 0.4) is 0 Å². The van der Waals surface area contributed by atoms with E-state index in [1.165, 1.54) is 0 Å². The molecule has 0 aromatic heterocycles. The molecule has 1 heterocycles. The highest BCUT2D eigenvalue weighted by molar-refractivity contribution is 7.90. The number of rotatable bonds is 0. The summed E-state index contributed by atoms with van der Waals surface area (Å²) in [5, 5.41) is 10.1. The van der Waals surface area contributed by atoms with Crippen molar-refractivity contribution in [3.05, 3.63) is 0 Å². The van der Waals surface area contributed by atoms with Crippen LogP contribution in [-0.4, -0.2) is 40.1 Å². The Morgan fingerprint density at radius 3 is 1.29 bits per heavy atom. The first-order valence-corrected chi connectivity index (χ1v) is 5.30. The van der Waals surface area contributed by atoms with Crippen molar-refractivity contribution in [1.82, 2.24) is 10.6 Å². The second-order valence-corrected chi connectivity index (χ2v) is 4.04. The van der Waals surface area contributed by atoms with Crippen molar-refractivity contribution >= 4 is 10.0 Å². The molecule has 4 N–H and O–H groups in total. The maximum atomic E-state index is 10.8. The maximum Gasteiger partial charge on any atom is 0.511 e. The van der Waals surface area contributed by atoms with Gasteiger partial charge in [0.15, 0.2) is 0 Å². The summed E-state index contributed by atoms with van der Waals surface area (Å²) in [6.45, 7) is 4.56. The Morgan fingerprint density at radius 2 is 1.21 bits per heavy atom. The average Bonchev–Trinajstić information content (AvgIpc) is 2.05. The van der Waals surface area contributed by atoms with E-state index in [4.69, 9.17) is 0 Å². The van der Waals surface area contributed by atoms with Crippen LogP contribution in [0.2, 0.25) is 0 Å². The minimum Gasteiger partial charge on any atom is -0.314 e. The monoisotopic (exact) mass is 235 g/mol. The fourth-order valence-electron chi connectivity index (χ4n) is 0.604. The summed E-state index contributed by atoms with van der Waals surface area (Å²) in [6, 6.07) is 0. The third-order valence-corrected chi connectivity index (χ3v) is 1.92. The molecule has 0 unspecified atom stereocenters. The zero-order valence-electron chi connectivity index (χ0n) is 7.26. The highest BCUT2D eigenvalue weighted by atomic mass is 32.2. The molecule has 0 aromatic carbocycles. The number of alkyl halides is 3. The molecule has 0 atom stereocenters. The molecule has 1 aliphatic heterocycles. The number of sulfonamides is 1. The molecule has 5 nitrogen and oxygen atoms in total. The summed E-state index contributed by atoms with van der Waals surface area (Å²) in [5.41, 5.74) is -5.31. The van der Waals surface area contributed by atoms with Gasteiger partial charge in [-0.1, -0.05) is 0 Å². The lowest BCUT2D eigenvalue weighted by Crippen LogP contribution is -2.39. The molecule has 0 saturated carbocycles. The van der Waals surface area contributed by atoms with Crippen molar-refractivity contribution in [3.8, 4) is 0 Å². The van der Waals surface area contributed by atoms with Crippen molar-refractivity contribution < 1.29 is 21.6 Å². The number of primary sulfonamides is 1. The quantitative estimate of drug-likeness (QED) is 0.501. The second kappa shape index (κ2) is 5.49. The summed E-state index contributed by atoms with van der Waals surface area (Å²) >= 11 is 0. The first kappa shape index (κ1) is 13.6. The Hall–Kier alpha value is -0.380. The van der Waals surface area contributed by atoms with Crippen molar-refractivity contribution in [2.45, 2.75) is 5.51 Å². The van der Waals surface area contributed by atoms with Gasteiger partial charge in [-0.3, -0.25) is 0 Å². The van der Waals surface area contributed by atoms with Crippen molar-refractivity contribution in [2.24, 2.45) is 5.14 Å². The fourth-order valence-corrected chi connectivity index (χ4v) is 0.604. The van der Waals surface area contributed by atoms with Gasteiger partial charge in [0.25, 0.3) is 0 Å². The van der Waals surface area contributed by atoms with Crippen LogP contribution in [0.25, 0.3) is 0 Å². The minimum absolute atomic E-state index is 1.14. The van der Waals surface area contributed by atoms with E-state index in [0.717, 1.165) is 26.2 Å². The summed E-state index contributed by atoms with van der Waals surface area (Å²) < 4.78 is 51.2. The maximum absolute atomic E-state index is 10.8. The van der Waals surface area contributed by atoms with Gasteiger partial charge in [0.1, 0.15) is 0 Å². The third-order valence-electron chi connectivity index (χ3n) is 1.28. The number of nitrogens with one attached hydrogen (secondary N) is 2. The largest absolute Gasteiger partial charge is 0.511 e. The number of piperazine rings is 1. The molecule has 1 rings (SSSR count). The van der Waals surface area contributed by atoms with Crippen molar-refractivity contribution in [1.29, 1.82) is 0 Å². The molecule has 1 saturated heterocycles. The topological polar surface area (TPSA) is 84.2 Å². The Balaban J connectivity index is 0.000000249. The molecule has 1 aliphatic rings. The van der Waals surface area contributed by atoms with Gasteiger partial charge in [0, 0.05) is 26.2 Å². The summed E-state index contributed by atoms with van der Waals surface area (Å²) in [4.78, 5) is 0. The van der Waals surface area contributed by atoms with Crippen molar-refractivity contribution in [2.75, 3.05) is 26.2 Å². The molecule has 0 bridgehead atoms. The van der Waals surface area contributed by atoms with Gasteiger partial charge in [0.2, 0.25) is 0 Å². The van der Waals surface area contributed by atoms with E-state index in [2.05, 4.69) is 15.8 Å². The van der Waals surface area contributed by atoms with Gasteiger partial charge in [-0.15, -0.1) is 0 Å². The lowest BCUT2D eigenvalue weighted by Gasteiger charge is -2.11. The van der Waals surface area contributed by atoms with Crippen LogP contribution in [0, 0.1) is 0 Å². The lowest BCUT2D eigenvalue weighted by molar-refractivity contribution is -0.0436. The first-order valence-electron chi connectivity index (χ1n) is 3.75. The van der Waals surface area contributed by atoms with Crippen molar-refractivity contribution in [3.63, 3.8) is 0 Å². The SMILES string of the molecule is C1CNCCN1.NS(=O)(=O)C(F)(F)F. The first-order chi connectivity index (χ1) is 6.25. The number of halogens is 3. The Bertz CT molecular complexity index is 236. The van der Waals surface area contributed by atoms with Gasteiger partial charge < -0.3 is 10.6 Å². The van der Waals surface area contributed by atoms with E-state index < -0.39 is 15.5 Å². The summed E-state index contributed by atoms with van der Waals surface area (Å²) in [7, 11) is -5.34. The summed E-state index contributed by atoms with van der Waals surface area (Å²) in [6.07, 6.45) is 0. The van der Waals surface area contributed by atoms with E-state index >= 15 is 0 Å². The van der Waals surface area contributed by atoms with Gasteiger partial charge in [-0.05, 0) is 0 Å². The predicted octanol–water partition coefficient (Wildman–Crippen LogP) is -1.03. The predicted molar refractivity (Wildman–Crippen MR) is 44.9 cm³/mol. The smallest absolute Gasteiger partial charge is 0.314 e. The minimum atomic E-state index is -5.34. The van der Waals surface area contributed by atoms with Crippen LogP contribution >= 0.6 is 0 Å². The molecule has 0 radical (unpaired) electrons. The molecular weight excluding hydrogens is 223 g/mol. The number of hydrogen-bond donors (Lipinski definition) is 3. The Morgan fingerprint density at radius 1 is 1.00 bits per heavy atom. The molecule has 0 aliphatic carbocycles. The van der Waals surface area contributed by atoms with Crippen LogP contribution in [0.15, 0.2) is 0 Å². The van der Waals surface area contributed by atoms with E-state index in [0.29, 0.717) is 0 Å². The van der Waals surface area contributed by atoms with Crippen LogP contribution in [0.1, 0.15) is 0 Å². The molecule has 9 heteroatoms. The average molecular weight is 235 g/mol. The van der Waals surface area contributed by atoms with Gasteiger partial charge >= 0.3 is 15.5 Å². The molecule has 0 aromatic rings. The molecule has 0 spiro atoms. The lowest BCUT2D eigenvalue weighted by atomic mass is 10.4. The third kappa shape index (κ3) is 6.13. The fraction of sp³-hybridized carbons (Fsp3) is 1.00. The molecular formula is C5H12F3N3O2S. The Labute approximate surface area is 79.9 Å². The van der Waals surface area contributed by atoms with Crippen LogP contribution in [-0.2, 0) is 10.0 Å². The van der Waals surface area contributed by atoms with Crippen LogP contribution in [0.5, 0.6) is 0 Å². The summed E-state index contributed by atoms with van der Waals surface area (Å²) in [5.74, 6) is 0. The van der Waals surface area contributed by atoms with Gasteiger partial charge in [-0.25, -0.2) is 13.6 Å². The highest BCUT2D eigenvalue weighted by Gasteiger charge is 2.42. The Kier molecular flexibility index (Phi) is 5.34. The zero-order valence-corrected chi connectivity index (χ0v) is 8.08. The normalized spacial score (nSPS) is 18.3. The molecule has 14 heavy (non-hydrogen) atoms. The van der Waals surface area contributed by atoms with Crippen LogP contribution < -0.4 is 15.8 Å². The van der Waals surface area contributed by atoms with Crippen LogP contribution in [0.4, 0.5) is 13.2 Å². The molecule has 1 fully saturated rings. The molecule has 0 amide bonds. The number of hydrogen-bond acceptors (Lipinski definition) is 4. The van der Waals surface area contributed by atoms with E-state index in [9.17, 15) is 21.6 Å². The van der Waals surface area contributed by atoms with Gasteiger partial charge in [0.05, 0.1) is 0 Å².